The summed E-state index contributed by atoms with van der Waals surface area (Å²) in [7, 11) is 0. The molecule has 3 N–H and O–H groups in total. The van der Waals surface area contributed by atoms with Crippen molar-refractivity contribution >= 4 is 35.3 Å². The predicted octanol–water partition coefficient (Wildman–Crippen LogP) is 2.46. The molecule has 0 saturated heterocycles. The summed E-state index contributed by atoms with van der Waals surface area (Å²) < 4.78 is 0.370. The molecule has 2 heterocycles. The molecule has 0 saturated carbocycles. The van der Waals surface area contributed by atoms with E-state index in [1.807, 2.05) is 30.3 Å². The van der Waals surface area contributed by atoms with Crippen molar-refractivity contribution in [3.8, 4) is 0 Å². The Labute approximate surface area is 113 Å². The van der Waals surface area contributed by atoms with Gasteiger partial charge in [0.25, 0.3) is 0 Å². The van der Waals surface area contributed by atoms with Gasteiger partial charge in [-0.05, 0) is 17.8 Å². The largest absolute Gasteiger partial charge is 0.315 e. The average Bonchev–Trinajstić information content (AvgIpc) is 2.88. The van der Waals surface area contributed by atoms with Crippen molar-refractivity contribution in [1.82, 2.24) is 20.2 Å². The molecular formula is C12H10N6S. The Kier molecular flexibility index (Phi) is 3.03. The minimum absolute atomic E-state index is 0.370. The van der Waals surface area contributed by atoms with Crippen LogP contribution in [0.2, 0.25) is 0 Å². The standard InChI is InChI=1S/C12H10N6S/c19-12-15-10(9-7-14-18-11(9)16-12)17-13-6-8-4-2-1-3-5-8/h1-7H,(H3,14,15,16,17,18,19)/b13-6+. The van der Waals surface area contributed by atoms with Crippen molar-refractivity contribution < 1.29 is 0 Å². The van der Waals surface area contributed by atoms with E-state index >= 15 is 0 Å². The van der Waals surface area contributed by atoms with Crippen LogP contribution in [0.15, 0.2) is 41.6 Å². The molecular weight excluding hydrogens is 260 g/mol. The van der Waals surface area contributed by atoms with Gasteiger partial charge in [-0.3, -0.25) is 10.5 Å². The number of hydrazone groups is 1. The maximum absolute atomic E-state index is 5.03. The van der Waals surface area contributed by atoms with Gasteiger partial charge in [-0.25, -0.2) is 4.98 Å². The Morgan fingerprint density at radius 3 is 2.95 bits per heavy atom. The van der Waals surface area contributed by atoms with Crippen LogP contribution >= 0.6 is 12.2 Å². The third-order valence-electron chi connectivity index (χ3n) is 2.52. The van der Waals surface area contributed by atoms with Crippen molar-refractivity contribution in [3.63, 3.8) is 0 Å². The Bertz CT molecular complexity index is 774. The summed E-state index contributed by atoms with van der Waals surface area (Å²) in [4.78, 5) is 7.05. The summed E-state index contributed by atoms with van der Waals surface area (Å²) in [5.74, 6) is 0.663. The fraction of sp³-hybridized carbons (Fsp3) is 0. The van der Waals surface area contributed by atoms with Gasteiger partial charge in [-0.2, -0.15) is 10.2 Å². The maximum Gasteiger partial charge on any atom is 0.200 e. The molecule has 19 heavy (non-hydrogen) atoms. The molecule has 0 radical (unpaired) electrons. The smallest absolute Gasteiger partial charge is 0.200 e. The Morgan fingerprint density at radius 1 is 1.26 bits per heavy atom. The van der Waals surface area contributed by atoms with E-state index in [2.05, 4.69) is 30.7 Å². The van der Waals surface area contributed by atoms with Crippen LogP contribution in [0.5, 0.6) is 0 Å². The fourth-order valence-corrected chi connectivity index (χ4v) is 1.84. The topological polar surface area (TPSA) is 81.8 Å². The first-order valence-electron chi connectivity index (χ1n) is 5.60. The van der Waals surface area contributed by atoms with Crippen LogP contribution in [0.4, 0.5) is 5.82 Å². The lowest BCUT2D eigenvalue weighted by molar-refractivity contribution is 1.08. The molecule has 0 spiro atoms. The summed E-state index contributed by atoms with van der Waals surface area (Å²) in [5.41, 5.74) is 4.54. The summed E-state index contributed by atoms with van der Waals surface area (Å²) in [5, 5.41) is 11.7. The van der Waals surface area contributed by atoms with Gasteiger partial charge in [0.2, 0.25) is 0 Å². The number of fused-ring (bicyclic) bond motifs is 1. The van der Waals surface area contributed by atoms with Gasteiger partial charge in [0.05, 0.1) is 17.8 Å². The molecule has 3 aromatic rings. The molecule has 0 aliphatic heterocycles. The van der Waals surface area contributed by atoms with E-state index in [0.29, 0.717) is 16.2 Å². The number of hydrogen-bond donors (Lipinski definition) is 3. The van der Waals surface area contributed by atoms with Crippen LogP contribution in [0.1, 0.15) is 5.56 Å². The van der Waals surface area contributed by atoms with Crippen LogP contribution in [0, 0.1) is 4.77 Å². The van der Waals surface area contributed by atoms with E-state index in [-0.39, 0.29) is 0 Å². The lowest BCUT2D eigenvalue weighted by Gasteiger charge is -2.01. The van der Waals surface area contributed by atoms with Crippen molar-refractivity contribution in [1.29, 1.82) is 0 Å². The van der Waals surface area contributed by atoms with Gasteiger partial charge in [-0.1, -0.05) is 30.3 Å². The molecule has 3 rings (SSSR count). The molecule has 0 aliphatic carbocycles. The first-order chi connectivity index (χ1) is 9.33. The minimum atomic E-state index is 0.370. The second-order valence-corrected chi connectivity index (χ2v) is 4.22. The second-order valence-electron chi connectivity index (χ2n) is 3.83. The number of nitrogens with one attached hydrogen (secondary N) is 3. The maximum atomic E-state index is 5.03. The third-order valence-corrected chi connectivity index (χ3v) is 2.72. The SMILES string of the molecule is S=c1nc2[nH]ncc2c(N/N=C/c2ccccc2)[nH]1. The lowest BCUT2D eigenvalue weighted by atomic mass is 10.2. The van der Waals surface area contributed by atoms with E-state index in [9.17, 15) is 0 Å². The summed E-state index contributed by atoms with van der Waals surface area (Å²) in [6.07, 6.45) is 3.39. The first-order valence-corrected chi connectivity index (χ1v) is 6.01. The van der Waals surface area contributed by atoms with Gasteiger partial charge >= 0.3 is 0 Å². The first kappa shape index (κ1) is 11.5. The minimum Gasteiger partial charge on any atom is -0.315 e. The molecule has 0 amide bonds. The molecule has 0 unspecified atom stereocenters. The Morgan fingerprint density at radius 2 is 2.11 bits per heavy atom. The highest BCUT2D eigenvalue weighted by atomic mass is 32.1. The number of H-pyrrole nitrogens is 2. The van der Waals surface area contributed by atoms with E-state index in [1.165, 1.54) is 0 Å². The molecule has 7 heteroatoms. The van der Waals surface area contributed by atoms with Crippen LogP contribution in [0.25, 0.3) is 11.0 Å². The van der Waals surface area contributed by atoms with Gasteiger partial charge in [0.1, 0.15) is 5.82 Å². The molecule has 6 nitrogen and oxygen atoms in total. The van der Waals surface area contributed by atoms with Gasteiger partial charge < -0.3 is 4.98 Å². The van der Waals surface area contributed by atoms with Crippen molar-refractivity contribution in [2.75, 3.05) is 5.43 Å². The molecule has 0 aliphatic rings. The van der Waals surface area contributed by atoms with Crippen LogP contribution in [0.3, 0.4) is 0 Å². The van der Waals surface area contributed by atoms with Crippen molar-refractivity contribution in [2.24, 2.45) is 5.10 Å². The summed E-state index contributed by atoms with van der Waals surface area (Å²) in [6.45, 7) is 0. The molecule has 0 atom stereocenters. The van der Waals surface area contributed by atoms with E-state index in [0.717, 1.165) is 10.9 Å². The summed E-state index contributed by atoms with van der Waals surface area (Å²) >= 11 is 5.03. The average molecular weight is 270 g/mol. The van der Waals surface area contributed by atoms with Crippen LogP contribution < -0.4 is 5.43 Å². The number of nitrogens with zero attached hydrogens (tertiary/aromatic N) is 3. The van der Waals surface area contributed by atoms with E-state index in [4.69, 9.17) is 12.2 Å². The lowest BCUT2D eigenvalue weighted by Crippen LogP contribution is -1.96. The normalized spacial score (nSPS) is 11.2. The van der Waals surface area contributed by atoms with Crippen molar-refractivity contribution in [2.45, 2.75) is 0 Å². The molecule has 2 aromatic heterocycles. The fourth-order valence-electron chi connectivity index (χ4n) is 1.65. The van der Waals surface area contributed by atoms with Crippen LogP contribution in [-0.2, 0) is 0 Å². The number of rotatable bonds is 3. The quantitative estimate of drug-likeness (QED) is 0.388. The molecule has 94 valence electrons. The highest BCUT2D eigenvalue weighted by Crippen LogP contribution is 2.16. The van der Waals surface area contributed by atoms with E-state index < -0.39 is 0 Å². The van der Waals surface area contributed by atoms with Gasteiger partial charge in [-0.15, -0.1) is 0 Å². The third kappa shape index (κ3) is 2.50. The zero-order valence-electron chi connectivity index (χ0n) is 9.79. The highest BCUT2D eigenvalue weighted by molar-refractivity contribution is 7.71. The van der Waals surface area contributed by atoms with Gasteiger partial charge in [0.15, 0.2) is 10.4 Å². The predicted molar refractivity (Wildman–Crippen MR) is 76.7 cm³/mol. The van der Waals surface area contributed by atoms with E-state index in [1.54, 1.807) is 12.4 Å². The zero-order valence-corrected chi connectivity index (χ0v) is 10.6. The monoisotopic (exact) mass is 270 g/mol. The number of anilines is 1. The number of aromatic nitrogens is 4. The highest BCUT2D eigenvalue weighted by Gasteiger charge is 2.03. The van der Waals surface area contributed by atoms with Gasteiger partial charge in [0, 0.05) is 0 Å². The number of aromatic amines is 2. The summed E-state index contributed by atoms with van der Waals surface area (Å²) in [6, 6.07) is 9.80. The Hall–Kier alpha value is -2.54. The number of benzene rings is 1. The zero-order chi connectivity index (χ0) is 13.1. The second kappa shape index (κ2) is 4.99. The van der Waals surface area contributed by atoms with Crippen LogP contribution in [-0.4, -0.2) is 26.4 Å². The van der Waals surface area contributed by atoms with Crippen molar-refractivity contribution in [3.05, 3.63) is 46.9 Å². The molecule has 0 bridgehead atoms. The molecule has 0 fully saturated rings. The Balaban J connectivity index is 1.88. The number of hydrogen-bond acceptors (Lipinski definition) is 5. The molecule has 1 aromatic carbocycles.